The summed E-state index contributed by atoms with van der Waals surface area (Å²) >= 11 is 0. The van der Waals surface area contributed by atoms with E-state index in [0.29, 0.717) is 22.2 Å². The summed E-state index contributed by atoms with van der Waals surface area (Å²) in [6.07, 6.45) is 2.70. The summed E-state index contributed by atoms with van der Waals surface area (Å²) in [6.45, 7) is 1.85. The minimum absolute atomic E-state index is 0.189. The van der Waals surface area contributed by atoms with Crippen LogP contribution in [0.1, 0.15) is 18.7 Å². The van der Waals surface area contributed by atoms with E-state index in [9.17, 15) is 9.18 Å². The number of aromatic nitrogens is 2. The molecule has 4 nitrogen and oxygen atoms in total. The average Bonchev–Trinajstić information content (AvgIpc) is 2.68. The van der Waals surface area contributed by atoms with Crippen LogP contribution in [-0.2, 0) is 0 Å². The summed E-state index contributed by atoms with van der Waals surface area (Å²) in [5.74, 6) is -0.444. The molecule has 0 aliphatic heterocycles. The van der Waals surface area contributed by atoms with Gasteiger partial charge in [0.1, 0.15) is 5.82 Å². The van der Waals surface area contributed by atoms with E-state index >= 15 is 0 Å². The summed E-state index contributed by atoms with van der Waals surface area (Å²) in [5, 5.41) is 1.28. The predicted molar refractivity (Wildman–Crippen MR) is 105 cm³/mol. The molecule has 0 bridgehead atoms. The topological polar surface area (TPSA) is 60.9 Å². The largest absolute Gasteiger partial charge is 0.323 e. The zero-order valence-corrected chi connectivity index (χ0v) is 14.8. The Bertz CT molecular complexity index is 1180. The first-order valence-electron chi connectivity index (χ1n) is 8.67. The SMILES string of the molecule is CC(N)c1cc2cccc(-c3cncc(F)c3)c2c(=O)n1-c1ccccc1. The maximum Gasteiger partial charge on any atom is 0.263 e. The lowest BCUT2D eigenvalue weighted by molar-refractivity contribution is 0.622. The van der Waals surface area contributed by atoms with Crippen molar-refractivity contribution in [2.45, 2.75) is 13.0 Å². The van der Waals surface area contributed by atoms with E-state index < -0.39 is 5.82 Å². The van der Waals surface area contributed by atoms with Gasteiger partial charge in [-0.1, -0.05) is 36.4 Å². The van der Waals surface area contributed by atoms with E-state index in [2.05, 4.69) is 4.98 Å². The third-order valence-corrected chi connectivity index (χ3v) is 4.57. The van der Waals surface area contributed by atoms with Gasteiger partial charge in [-0.05, 0) is 42.1 Å². The van der Waals surface area contributed by atoms with Gasteiger partial charge in [-0.15, -0.1) is 0 Å². The Labute approximate surface area is 155 Å². The molecule has 27 heavy (non-hydrogen) atoms. The molecule has 0 saturated heterocycles. The second kappa shape index (κ2) is 6.78. The lowest BCUT2D eigenvalue weighted by Gasteiger charge is -2.18. The molecule has 0 aliphatic rings. The number of fused-ring (bicyclic) bond motifs is 1. The molecule has 0 amide bonds. The Morgan fingerprint density at radius 2 is 1.81 bits per heavy atom. The van der Waals surface area contributed by atoms with Gasteiger partial charge >= 0.3 is 0 Å². The van der Waals surface area contributed by atoms with Gasteiger partial charge in [-0.25, -0.2) is 4.39 Å². The Kier molecular flexibility index (Phi) is 4.30. The van der Waals surface area contributed by atoms with Gasteiger partial charge in [0.2, 0.25) is 0 Å². The van der Waals surface area contributed by atoms with Crippen LogP contribution in [0.15, 0.2) is 77.9 Å². The summed E-state index contributed by atoms with van der Waals surface area (Å²) in [6, 6.07) is 17.9. The van der Waals surface area contributed by atoms with E-state index in [1.165, 1.54) is 6.07 Å². The lowest BCUT2D eigenvalue weighted by atomic mass is 9.99. The summed E-state index contributed by atoms with van der Waals surface area (Å²) in [5.41, 5.74) is 8.63. The number of nitrogens with zero attached hydrogens (tertiary/aromatic N) is 2. The molecule has 2 heterocycles. The van der Waals surface area contributed by atoms with Crippen molar-refractivity contribution in [3.05, 3.63) is 94.9 Å². The van der Waals surface area contributed by atoms with Crippen LogP contribution in [-0.4, -0.2) is 9.55 Å². The van der Waals surface area contributed by atoms with Gasteiger partial charge in [0.15, 0.2) is 0 Å². The number of benzene rings is 2. The normalized spacial score (nSPS) is 12.3. The number of hydrogen-bond donors (Lipinski definition) is 1. The molecule has 0 aliphatic carbocycles. The Morgan fingerprint density at radius 3 is 2.52 bits per heavy atom. The minimum atomic E-state index is -0.444. The predicted octanol–water partition coefficient (Wildman–Crippen LogP) is 4.21. The summed E-state index contributed by atoms with van der Waals surface area (Å²) in [7, 11) is 0. The zero-order valence-electron chi connectivity index (χ0n) is 14.8. The molecule has 0 radical (unpaired) electrons. The van der Waals surface area contributed by atoms with E-state index in [1.807, 2.05) is 55.5 Å². The van der Waals surface area contributed by atoms with Crippen molar-refractivity contribution >= 4 is 10.8 Å². The second-order valence-corrected chi connectivity index (χ2v) is 6.50. The first kappa shape index (κ1) is 17.1. The summed E-state index contributed by atoms with van der Waals surface area (Å²) in [4.78, 5) is 17.4. The molecular formula is C22H18FN3O. The third kappa shape index (κ3) is 3.02. The Hall–Kier alpha value is -3.31. The molecule has 2 aromatic heterocycles. The van der Waals surface area contributed by atoms with Crippen molar-refractivity contribution in [3.63, 3.8) is 0 Å². The van der Waals surface area contributed by atoms with Crippen LogP contribution >= 0.6 is 0 Å². The van der Waals surface area contributed by atoms with Crippen molar-refractivity contribution in [2.75, 3.05) is 0 Å². The highest BCUT2D eigenvalue weighted by Crippen LogP contribution is 2.28. The molecule has 1 unspecified atom stereocenters. The fourth-order valence-electron chi connectivity index (χ4n) is 3.36. The third-order valence-electron chi connectivity index (χ3n) is 4.57. The van der Waals surface area contributed by atoms with Crippen molar-refractivity contribution < 1.29 is 4.39 Å². The van der Waals surface area contributed by atoms with Gasteiger partial charge in [0.05, 0.1) is 11.6 Å². The maximum absolute atomic E-state index is 13.7. The fraction of sp³-hybridized carbons (Fsp3) is 0.0909. The highest BCUT2D eigenvalue weighted by molar-refractivity contribution is 5.96. The quantitative estimate of drug-likeness (QED) is 0.596. The first-order chi connectivity index (χ1) is 13.1. The maximum atomic E-state index is 13.7. The lowest BCUT2D eigenvalue weighted by Crippen LogP contribution is -2.26. The molecular weight excluding hydrogens is 341 g/mol. The molecule has 4 rings (SSSR count). The van der Waals surface area contributed by atoms with Crippen LogP contribution in [0.25, 0.3) is 27.6 Å². The molecule has 1 atom stereocenters. The van der Waals surface area contributed by atoms with Crippen molar-refractivity contribution in [1.82, 2.24) is 9.55 Å². The van der Waals surface area contributed by atoms with E-state index in [0.717, 1.165) is 17.3 Å². The van der Waals surface area contributed by atoms with E-state index in [-0.39, 0.29) is 11.6 Å². The molecule has 4 aromatic rings. The molecule has 0 saturated carbocycles. The molecule has 2 N–H and O–H groups in total. The van der Waals surface area contributed by atoms with Gasteiger partial charge in [-0.2, -0.15) is 0 Å². The van der Waals surface area contributed by atoms with Crippen molar-refractivity contribution in [1.29, 1.82) is 0 Å². The number of rotatable bonds is 3. The van der Waals surface area contributed by atoms with Crippen molar-refractivity contribution in [2.24, 2.45) is 5.73 Å². The smallest absolute Gasteiger partial charge is 0.263 e. The van der Waals surface area contributed by atoms with Gasteiger partial charge in [0.25, 0.3) is 5.56 Å². The Balaban J connectivity index is 2.12. The fourth-order valence-corrected chi connectivity index (χ4v) is 3.36. The van der Waals surface area contributed by atoms with Gasteiger partial charge in [0, 0.05) is 29.2 Å². The van der Waals surface area contributed by atoms with E-state index in [1.54, 1.807) is 16.8 Å². The van der Waals surface area contributed by atoms with E-state index in [4.69, 9.17) is 5.73 Å². The molecule has 134 valence electrons. The summed E-state index contributed by atoms with van der Waals surface area (Å²) < 4.78 is 15.3. The van der Waals surface area contributed by atoms with Crippen LogP contribution in [0, 0.1) is 5.82 Å². The first-order valence-corrected chi connectivity index (χ1v) is 8.67. The number of nitrogens with two attached hydrogens (primary N) is 1. The van der Waals surface area contributed by atoms with Crippen LogP contribution in [0.5, 0.6) is 0 Å². The van der Waals surface area contributed by atoms with Gasteiger partial charge in [-0.3, -0.25) is 14.3 Å². The van der Waals surface area contributed by atoms with Gasteiger partial charge < -0.3 is 5.73 Å². The zero-order chi connectivity index (χ0) is 19.0. The Morgan fingerprint density at radius 1 is 1.04 bits per heavy atom. The minimum Gasteiger partial charge on any atom is -0.323 e. The van der Waals surface area contributed by atoms with Crippen LogP contribution < -0.4 is 11.3 Å². The monoisotopic (exact) mass is 359 g/mol. The molecule has 0 spiro atoms. The number of para-hydroxylation sites is 1. The van der Waals surface area contributed by atoms with Crippen LogP contribution in [0.4, 0.5) is 4.39 Å². The van der Waals surface area contributed by atoms with Crippen LogP contribution in [0.3, 0.4) is 0 Å². The van der Waals surface area contributed by atoms with Crippen molar-refractivity contribution in [3.8, 4) is 16.8 Å². The highest BCUT2D eigenvalue weighted by Gasteiger charge is 2.17. The van der Waals surface area contributed by atoms with Crippen LogP contribution in [0.2, 0.25) is 0 Å². The number of pyridine rings is 2. The number of halogens is 1. The highest BCUT2D eigenvalue weighted by atomic mass is 19.1. The standard InChI is InChI=1S/C22H18FN3O/c1-14(24)20-11-15-6-5-9-19(16-10-17(23)13-25-12-16)21(15)22(27)26(20)18-7-3-2-4-8-18/h2-14H,24H2,1H3. The number of hydrogen-bond acceptors (Lipinski definition) is 3. The molecule has 2 aromatic carbocycles. The average molecular weight is 359 g/mol. The molecule has 0 fully saturated rings. The molecule has 5 heteroatoms. The second-order valence-electron chi connectivity index (χ2n) is 6.50.